The van der Waals surface area contributed by atoms with Gasteiger partial charge in [0.2, 0.25) is 0 Å². The van der Waals surface area contributed by atoms with Gasteiger partial charge in [-0.1, -0.05) is 30.3 Å². The lowest BCUT2D eigenvalue weighted by Gasteiger charge is -2.26. The molecule has 0 saturated carbocycles. The Kier molecular flexibility index (Phi) is 5.76. The van der Waals surface area contributed by atoms with Crippen LogP contribution in [-0.2, 0) is 4.79 Å². The highest BCUT2D eigenvalue weighted by atomic mass is 16.5. The SMILES string of the molecule is COc1ccc(C2=NN(C(=O)[C@@H](c3ccccc3)N(C)C)CC2)cc1OC. The number of nitrogens with zero attached hydrogens (tertiary/aromatic N) is 3. The van der Waals surface area contributed by atoms with Crippen LogP contribution >= 0.6 is 0 Å². The molecule has 0 N–H and O–H groups in total. The number of carbonyl (C=O) groups is 1. The second-order valence-electron chi connectivity index (χ2n) is 6.60. The Morgan fingerprint density at radius 3 is 2.41 bits per heavy atom. The van der Waals surface area contributed by atoms with Gasteiger partial charge in [-0.05, 0) is 37.9 Å². The van der Waals surface area contributed by atoms with Crippen molar-refractivity contribution in [2.24, 2.45) is 5.10 Å². The van der Waals surface area contributed by atoms with E-state index in [0.717, 1.165) is 16.8 Å². The van der Waals surface area contributed by atoms with Crippen LogP contribution < -0.4 is 9.47 Å². The number of ether oxygens (including phenoxy) is 2. The topological polar surface area (TPSA) is 54.4 Å². The van der Waals surface area contributed by atoms with Gasteiger partial charge in [0.05, 0.1) is 26.5 Å². The molecule has 1 atom stereocenters. The lowest BCUT2D eigenvalue weighted by Crippen LogP contribution is -2.36. The second kappa shape index (κ2) is 8.22. The molecule has 0 unspecified atom stereocenters. The summed E-state index contributed by atoms with van der Waals surface area (Å²) in [5.41, 5.74) is 2.77. The lowest BCUT2D eigenvalue weighted by atomic mass is 10.1. The first kappa shape index (κ1) is 18.9. The highest BCUT2D eigenvalue weighted by Gasteiger charge is 2.31. The number of benzene rings is 2. The molecule has 6 nitrogen and oxygen atoms in total. The molecule has 1 heterocycles. The predicted molar refractivity (Wildman–Crippen MR) is 105 cm³/mol. The van der Waals surface area contributed by atoms with Gasteiger partial charge in [-0.2, -0.15) is 5.10 Å². The van der Waals surface area contributed by atoms with E-state index in [9.17, 15) is 4.79 Å². The molecule has 0 aromatic heterocycles. The van der Waals surface area contributed by atoms with Crippen LogP contribution in [0.1, 0.15) is 23.6 Å². The third kappa shape index (κ3) is 3.95. The van der Waals surface area contributed by atoms with Gasteiger partial charge < -0.3 is 9.47 Å². The Labute approximate surface area is 160 Å². The Balaban J connectivity index is 1.85. The van der Waals surface area contributed by atoms with E-state index >= 15 is 0 Å². The molecular weight excluding hydrogens is 342 g/mol. The minimum absolute atomic E-state index is 0.0262. The van der Waals surface area contributed by atoms with Crippen LogP contribution in [0, 0.1) is 0 Å². The van der Waals surface area contributed by atoms with Gasteiger partial charge in [0.1, 0.15) is 6.04 Å². The van der Waals surface area contributed by atoms with Crippen LogP contribution in [0.2, 0.25) is 0 Å². The fraction of sp³-hybridized carbons (Fsp3) is 0.333. The maximum atomic E-state index is 13.1. The summed E-state index contributed by atoms with van der Waals surface area (Å²) in [6.07, 6.45) is 0.705. The van der Waals surface area contributed by atoms with E-state index in [1.54, 1.807) is 19.2 Å². The van der Waals surface area contributed by atoms with Crippen molar-refractivity contribution in [3.8, 4) is 11.5 Å². The number of methoxy groups -OCH3 is 2. The number of hydrogen-bond acceptors (Lipinski definition) is 5. The third-order valence-electron chi connectivity index (χ3n) is 4.64. The van der Waals surface area contributed by atoms with Crippen molar-refractivity contribution < 1.29 is 14.3 Å². The van der Waals surface area contributed by atoms with Gasteiger partial charge in [0.15, 0.2) is 11.5 Å². The summed E-state index contributed by atoms with van der Waals surface area (Å²) in [6.45, 7) is 0.569. The first-order chi connectivity index (χ1) is 13.0. The molecule has 0 bridgehead atoms. The fourth-order valence-corrected chi connectivity index (χ4v) is 3.27. The summed E-state index contributed by atoms with van der Waals surface area (Å²) in [5.74, 6) is 1.30. The molecule has 0 saturated heterocycles. The van der Waals surface area contributed by atoms with Gasteiger partial charge in [0, 0.05) is 12.0 Å². The zero-order valence-electron chi connectivity index (χ0n) is 16.2. The van der Waals surface area contributed by atoms with Crippen LogP contribution in [-0.4, -0.2) is 56.4 Å². The van der Waals surface area contributed by atoms with Crippen LogP contribution in [0.3, 0.4) is 0 Å². The van der Waals surface area contributed by atoms with Crippen molar-refractivity contribution in [2.45, 2.75) is 12.5 Å². The van der Waals surface area contributed by atoms with Gasteiger partial charge in [0.25, 0.3) is 5.91 Å². The zero-order chi connectivity index (χ0) is 19.4. The first-order valence-electron chi connectivity index (χ1n) is 8.87. The molecule has 142 valence electrons. The molecule has 0 fully saturated rings. The molecule has 0 aliphatic carbocycles. The van der Waals surface area contributed by atoms with Crippen LogP contribution in [0.15, 0.2) is 53.6 Å². The average Bonchev–Trinajstić information content (AvgIpc) is 3.18. The van der Waals surface area contributed by atoms with Gasteiger partial charge in [-0.3, -0.25) is 9.69 Å². The summed E-state index contributed by atoms with van der Waals surface area (Å²) in [4.78, 5) is 15.0. The summed E-state index contributed by atoms with van der Waals surface area (Å²) in [5, 5.41) is 6.17. The van der Waals surface area contributed by atoms with Crippen LogP contribution in [0.4, 0.5) is 0 Å². The van der Waals surface area contributed by atoms with Crippen molar-refractivity contribution in [1.82, 2.24) is 9.91 Å². The Morgan fingerprint density at radius 2 is 1.78 bits per heavy atom. The van der Waals surface area contributed by atoms with Gasteiger partial charge in [-0.25, -0.2) is 5.01 Å². The monoisotopic (exact) mass is 367 g/mol. The Bertz CT molecular complexity index is 834. The van der Waals surface area contributed by atoms with E-state index in [1.807, 2.05) is 67.5 Å². The lowest BCUT2D eigenvalue weighted by molar-refractivity contribution is -0.135. The number of carbonyl (C=O) groups excluding carboxylic acids is 1. The van der Waals surface area contributed by atoms with E-state index in [1.165, 1.54) is 0 Å². The molecule has 27 heavy (non-hydrogen) atoms. The zero-order valence-corrected chi connectivity index (χ0v) is 16.2. The van der Waals surface area contributed by atoms with E-state index in [2.05, 4.69) is 5.10 Å². The molecule has 2 aromatic rings. The largest absolute Gasteiger partial charge is 0.493 e. The highest BCUT2D eigenvalue weighted by Crippen LogP contribution is 2.30. The van der Waals surface area contributed by atoms with E-state index < -0.39 is 0 Å². The molecule has 1 aliphatic heterocycles. The second-order valence-corrected chi connectivity index (χ2v) is 6.60. The third-order valence-corrected chi connectivity index (χ3v) is 4.64. The quantitative estimate of drug-likeness (QED) is 0.788. The normalized spacial score (nSPS) is 14.9. The maximum absolute atomic E-state index is 13.1. The van der Waals surface area contributed by atoms with Crippen molar-refractivity contribution in [3.63, 3.8) is 0 Å². The predicted octanol–water partition coefficient (Wildman–Crippen LogP) is 2.94. The molecule has 2 aromatic carbocycles. The van der Waals surface area contributed by atoms with Crippen molar-refractivity contribution in [2.75, 3.05) is 34.9 Å². The minimum Gasteiger partial charge on any atom is -0.493 e. The van der Waals surface area contributed by atoms with Crippen LogP contribution in [0.5, 0.6) is 11.5 Å². The highest BCUT2D eigenvalue weighted by molar-refractivity contribution is 6.03. The standard InChI is InChI=1S/C21H25N3O3/c1-23(2)20(15-8-6-5-7-9-15)21(25)24-13-12-17(22-24)16-10-11-18(26-3)19(14-16)27-4/h5-11,14,20H,12-13H2,1-4H3/t20-/m1/s1. The number of rotatable bonds is 6. The van der Waals surface area contributed by atoms with E-state index in [-0.39, 0.29) is 11.9 Å². The van der Waals surface area contributed by atoms with Crippen molar-refractivity contribution in [3.05, 3.63) is 59.7 Å². The number of amides is 1. The van der Waals surface area contributed by atoms with E-state index in [4.69, 9.17) is 9.47 Å². The first-order valence-corrected chi connectivity index (χ1v) is 8.87. The van der Waals surface area contributed by atoms with Gasteiger partial charge in [-0.15, -0.1) is 0 Å². The summed E-state index contributed by atoms with van der Waals surface area (Å²) in [6, 6.07) is 15.1. The average molecular weight is 367 g/mol. The number of likely N-dealkylation sites (N-methyl/N-ethyl adjacent to an activating group) is 1. The molecule has 6 heteroatoms. The molecular formula is C21H25N3O3. The van der Waals surface area contributed by atoms with E-state index in [0.29, 0.717) is 24.5 Å². The maximum Gasteiger partial charge on any atom is 0.264 e. The Hall–Kier alpha value is -2.86. The molecule has 1 amide bonds. The van der Waals surface area contributed by atoms with Crippen molar-refractivity contribution in [1.29, 1.82) is 0 Å². The molecule has 0 radical (unpaired) electrons. The fourth-order valence-electron chi connectivity index (χ4n) is 3.27. The molecule has 3 rings (SSSR count). The minimum atomic E-state index is -0.361. The molecule has 1 aliphatic rings. The Morgan fingerprint density at radius 1 is 1.07 bits per heavy atom. The molecule has 0 spiro atoms. The number of hydrogen-bond donors (Lipinski definition) is 0. The number of hydrazone groups is 1. The van der Waals surface area contributed by atoms with Crippen LogP contribution in [0.25, 0.3) is 0 Å². The summed E-state index contributed by atoms with van der Waals surface area (Å²) >= 11 is 0. The smallest absolute Gasteiger partial charge is 0.264 e. The van der Waals surface area contributed by atoms with Gasteiger partial charge >= 0.3 is 0 Å². The van der Waals surface area contributed by atoms with Crippen molar-refractivity contribution >= 4 is 11.6 Å². The summed E-state index contributed by atoms with van der Waals surface area (Å²) < 4.78 is 10.7. The summed E-state index contributed by atoms with van der Waals surface area (Å²) in [7, 11) is 7.03.